The number of nitrogens with zero attached hydrogens (tertiary/aromatic N) is 1. The van der Waals surface area contributed by atoms with Crippen LogP contribution in [0, 0.1) is 11.7 Å². The first-order valence-corrected chi connectivity index (χ1v) is 12.4. The third-order valence-corrected chi connectivity index (χ3v) is 7.31. The second-order valence-electron chi connectivity index (χ2n) is 8.13. The number of hydrogen-bond donors (Lipinski definition) is 2. The second kappa shape index (κ2) is 12.0. The van der Waals surface area contributed by atoms with E-state index in [1.807, 2.05) is 0 Å². The average Bonchev–Trinajstić information content (AvgIpc) is 2.94. The molecule has 4 rings (SSSR count). The van der Waals surface area contributed by atoms with E-state index in [9.17, 15) is 27.2 Å². The molecule has 2 aliphatic rings. The van der Waals surface area contributed by atoms with Crippen molar-refractivity contribution in [2.45, 2.75) is 39.1 Å². The Morgan fingerprint density at radius 2 is 1.69 bits per heavy atom. The first-order chi connectivity index (χ1) is 16.9. The van der Waals surface area contributed by atoms with E-state index in [1.165, 1.54) is 30.0 Å². The lowest BCUT2D eigenvalue weighted by Crippen LogP contribution is -2.34. The lowest BCUT2D eigenvalue weighted by atomic mass is 9.87. The molecular formula is C24H23F4NO5S2. The fourth-order valence-corrected chi connectivity index (χ4v) is 5.48. The van der Waals surface area contributed by atoms with Crippen LogP contribution in [0.4, 0.5) is 17.6 Å². The van der Waals surface area contributed by atoms with Gasteiger partial charge in [-0.2, -0.15) is 13.2 Å². The van der Waals surface area contributed by atoms with Gasteiger partial charge in [-0.1, -0.05) is 11.8 Å². The Labute approximate surface area is 213 Å². The predicted octanol–water partition coefficient (Wildman–Crippen LogP) is 6.08. The number of benzene rings is 2. The summed E-state index contributed by atoms with van der Waals surface area (Å²) in [6, 6.07) is 9.13. The van der Waals surface area contributed by atoms with Crippen molar-refractivity contribution in [3.63, 3.8) is 0 Å². The van der Waals surface area contributed by atoms with E-state index in [4.69, 9.17) is 14.9 Å². The maximum Gasteiger partial charge on any atom is 0.446 e. The second-order valence-corrected chi connectivity index (χ2v) is 10.4. The molecule has 2 heterocycles. The van der Waals surface area contributed by atoms with Crippen LogP contribution in [0.2, 0.25) is 0 Å². The fourth-order valence-electron chi connectivity index (χ4n) is 3.84. The fraction of sp³-hybridized carbons (Fsp3) is 0.333. The summed E-state index contributed by atoms with van der Waals surface area (Å²) in [5.74, 6) is -2.10. The van der Waals surface area contributed by atoms with Gasteiger partial charge in [-0.3, -0.25) is 0 Å². The van der Waals surface area contributed by atoms with Crippen LogP contribution in [0.15, 0.2) is 63.2 Å². The summed E-state index contributed by atoms with van der Waals surface area (Å²) < 4.78 is 58.7. The highest BCUT2D eigenvalue weighted by Crippen LogP contribution is 2.49. The number of thioether (sulfide) groups is 1. The number of fused-ring (bicyclic) bond motifs is 2. The Kier molecular flexibility index (Phi) is 9.31. The molecule has 0 spiro atoms. The van der Waals surface area contributed by atoms with E-state index in [1.54, 1.807) is 18.2 Å². The van der Waals surface area contributed by atoms with Crippen molar-refractivity contribution in [3.8, 4) is 5.75 Å². The normalized spacial score (nSPS) is 18.3. The molecule has 194 valence electrons. The molecule has 0 saturated carbocycles. The standard InChI is InChI=1S/C20H19F4NOS2.C4H4O4/c1-25-8-6-12(7-9-25)19-15-11-14(28-20(22,23)24)3-5-17(15)27-18-10-13(21)2-4-16(18)26-19;5-3(6)1-2-4(7)8/h2-5,10-12,19H,6-9H2,1H3;1-2H,(H,5,6)(H,7,8)/b;2-1+. The van der Waals surface area contributed by atoms with Gasteiger partial charge in [0.15, 0.2) is 0 Å². The van der Waals surface area contributed by atoms with Crippen LogP contribution in [-0.2, 0) is 9.59 Å². The molecule has 1 fully saturated rings. The zero-order valence-electron chi connectivity index (χ0n) is 19.0. The average molecular weight is 546 g/mol. The molecule has 2 N–H and O–H groups in total. The Balaban J connectivity index is 0.000000392. The molecule has 2 aliphatic heterocycles. The van der Waals surface area contributed by atoms with Gasteiger partial charge in [-0.25, -0.2) is 14.0 Å². The van der Waals surface area contributed by atoms with Gasteiger partial charge in [-0.15, -0.1) is 0 Å². The Morgan fingerprint density at radius 3 is 2.28 bits per heavy atom. The van der Waals surface area contributed by atoms with Crippen molar-refractivity contribution >= 4 is 35.5 Å². The number of rotatable bonds is 4. The van der Waals surface area contributed by atoms with Gasteiger partial charge in [0.25, 0.3) is 0 Å². The number of carbonyl (C=O) groups is 2. The highest BCUT2D eigenvalue weighted by Gasteiger charge is 2.35. The summed E-state index contributed by atoms with van der Waals surface area (Å²) in [6.07, 6.45) is 2.57. The number of likely N-dealkylation sites (tertiary alicyclic amines) is 1. The number of ether oxygens (including phenoxy) is 1. The number of halogens is 4. The van der Waals surface area contributed by atoms with Crippen LogP contribution in [0.3, 0.4) is 0 Å². The Hall–Kier alpha value is -2.70. The van der Waals surface area contributed by atoms with E-state index < -0.39 is 17.4 Å². The summed E-state index contributed by atoms with van der Waals surface area (Å²) in [7, 11) is 2.06. The Bertz CT molecular complexity index is 1120. The van der Waals surface area contributed by atoms with Crippen molar-refractivity contribution in [2.75, 3.05) is 20.1 Å². The van der Waals surface area contributed by atoms with Crippen molar-refractivity contribution < 1.29 is 42.1 Å². The quantitative estimate of drug-likeness (QED) is 0.272. The van der Waals surface area contributed by atoms with E-state index in [0.717, 1.165) is 36.4 Å². The van der Waals surface area contributed by atoms with Crippen molar-refractivity contribution in [1.29, 1.82) is 0 Å². The smallest absolute Gasteiger partial charge is 0.446 e. The number of carboxylic acids is 2. The van der Waals surface area contributed by atoms with Crippen molar-refractivity contribution in [3.05, 3.63) is 59.9 Å². The zero-order valence-corrected chi connectivity index (χ0v) is 20.6. The maximum absolute atomic E-state index is 13.7. The lowest BCUT2D eigenvalue weighted by Gasteiger charge is -2.34. The van der Waals surface area contributed by atoms with E-state index in [2.05, 4.69) is 11.9 Å². The van der Waals surface area contributed by atoms with Crippen molar-refractivity contribution in [1.82, 2.24) is 4.90 Å². The van der Waals surface area contributed by atoms with Crippen LogP contribution >= 0.6 is 23.5 Å². The molecule has 0 aromatic heterocycles. The number of aliphatic carboxylic acids is 2. The molecule has 2 aromatic rings. The molecule has 36 heavy (non-hydrogen) atoms. The molecule has 0 amide bonds. The highest BCUT2D eigenvalue weighted by molar-refractivity contribution is 8.00. The summed E-state index contributed by atoms with van der Waals surface area (Å²) in [4.78, 5) is 23.0. The minimum atomic E-state index is -4.35. The molecular weight excluding hydrogens is 522 g/mol. The SMILES string of the molecule is CN1CCC(C2Oc3ccc(F)cc3Sc3ccc(SC(F)(F)F)cc32)CC1.O=C(O)/C=C/C(=O)O. The van der Waals surface area contributed by atoms with Gasteiger partial charge in [0.2, 0.25) is 0 Å². The van der Waals surface area contributed by atoms with E-state index in [-0.39, 0.29) is 34.5 Å². The molecule has 2 aromatic carbocycles. The molecule has 0 bridgehead atoms. The number of alkyl halides is 3. The van der Waals surface area contributed by atoms with Gasteiger partial charge in [0.05, 0.1) is 4.90 Å². The lowest BCUT2D eigenvalue weighted by molar-refractivity contribution is -0.134. The molecule has 6 nitrogen and oxygen atoms in total. The van der Waals surface area contributed by atoms with Crippen molar-refractivity contribution in [2.24, 2.45) is 5.92 Å². The van der Waals surface area contributed by atoms with Crippen LogP contribution in [-0.4, -0.2) is 52.7 Å². The monoisotopic (exact) mass is 545 g/mol. The van der Waals surface area contributed by atoms with Gasteiger partial charge in [-0.05, 0) is 81.1 Å². The topological polar surface area (TPSA) is 87.1 Å². The maximum atomic E-state index is 13.7. The first-order valence-electron chi connectivity index (χ1n) is 10.8. The van der Waals surface area contributed by atoms with Crippen LogP contribution in [0.25, 0.3) is 0 Å². The highest BCUT2D eigenvalue weighted by atomic mass is 32.2. The van der Waals surface area contributed by atoms with Crippen LogP contribution in [0.5, 0.6) is 5.75 Å². The van der Waals surface area contributed by atoms with Gasteiger partial charge in [0.1, 0.15) is 17.7 Å². The predicted molar refractivity (Wildman–Crippen MR) is 127 cm³/mol. The first kappa shape index (κ1) is 27.9. The van der Waals surface area contributed by atoms with Gasteiger partial charge in [0, 0.05) is 33.4 Å². The largest absolute Gasteiger partial charge is 0.484 e. The minimum Gasteiger partial charge on any atom is -0.484 e. The Morgan fingerprint density at radius 1 is 1.06 bits per heavy atom. The number of hydrogen-bond acceptors (Lipinski definition) is 6. The van der Waals surface area contributed by atoms with Crippen LogP contribution in [0.1, 0.15) is 24.5 Å². The minimum absolute atomic E-state index is 0.117. The molecule has 0 radical (unpaired) electrons. The summed E-state index contributed by atoms with van der Waals surface area (Å²) in [5, 5.41) is 15.6. The summed E-state index contributed by atoms with van der Waals surface area (Å²) >= 11 is 1.23. The van der Waals surface area contributed by atoms with Gasteiger partial charge >= 0.3 is 17.4 Å². The molecule has 1 atom stereocenters. The molecule has 0 aliphatic carbocycles. The molecule has 1 unspecified atom stereocenters. The number of piperidine rings is 1. The zero-order chi connectivity index (χ0) is 26.5. The summed E-state index contributed by atoms with van der Waals surface area (Å²) in [5.41, 5.74) is -3.59. The third-order valence-electron chi connectivity index (χ3n) is 5.46. The molecule has 1 saturated heterocycles. The van der Waals surface area contributed by atoms with Gasteiger partial charge < -0.3 is 19.8 Å². The third kappa shape index (κ3) is 8.17. The molecule has 12 heteroatoms. The van der Waals surface area contributed by atoms with Crippen LogP contribution < -0.4 is 4.74 Å². The van der Waals surface area contributed by atoms with E-state index >= 15 is 0 Å². The number of carboxylic acid groups (broad SMARTS) is 2. The summed E-state index contributed by atoms with van der Waals surface area (Å²) in [6.45, 7) is 1.83. The van der Waals surface area contributed by atoms with E-state index in [0.29, 0.717) is 22.8 Å².